The van der Waals surface area contributed by atoms with Crippen molar-refractivity contribution in [3.05, 3.63) is 48.0 Å². The third-order valence-corrected chi connectivity index (χ3v) is 2.38. The first-order valence-electron chi connectivity index (χ1n) is 5.43. The van der Waals surface area contributed by atoms with E-state index >= 15 is 0 Å². The van der Waals surface area contributed by atoms with E-state index in [1.807, 2.05) is 48.5 Å². The molecule has 0 spiro atoms. The molecule has 2 heterocycles. The Bertz CT molecular complexity index is 422. The number of aryl methyl sites for hydroxylation is 1. The van der Waals surface area contributed by atoms with Crippen molar-refractivity contribution in [3.8, 4) is 0 Å². The summed E-state index contributed by atoms with van der Waals surface area (Å²) in [5.41, 5.74) is 2.34. The van der Waals surface area contributed by atoms with Crippen LogP contribution in [-0.4, -0.2) is 21.3 Å². The van der Waals surface area contributed by atoms with E-state index in [9.17, 15) is 0 Å². The number of hydrogen-bond acceptors (Lipinski definition) is 3. The molecule has 0 bridgehead atoms. The largest absolute Gasteiger partial charge is 0.311 e. The van der Waals surface area contributed by atoms with Gasteiger partial charge in [-0.3, -0.25) is 9.67 Å². The summed E-state index contributed by atoms with van der Waals surface area (Å²) in [5, 5.41) is 7.49. The summed E-state index contributed by atoms with van der Waals surface area (Å²) in [4.78, 5) is 4.25. The molecule has 4 nitrogen and oxygen atoms in total. The van der Waals surface area contributed by atoms with Crippen molar-refractivity contribution in [2.75, 3.05) is 6.54 Å². The molecule has 0 aliphatic carbocycles. The number of aromatic nitrogens is 3. The van der Waals surface area contributed by atoms with Gasteiger partial charge in [-0.2, -0.15) is 5.10 Å². The summed E-state index contributed by atoms with van der Waals surface area (Å²) in [6.45, 7) is 1.77. The molecule has 0 saturated carbocycles. The van der Waals surface area contributed by atoms with Crippen LogP contribution in [0.4, 0.5) is 0 Å². The zero-order chi connectivity index (χ0) is 11.2. The van der Waals surface area contributed by atoms with Crippen molar-refractivity contribution < 1.29 is 0 Å². The van der Waals surface area contributed by atoms with Gasteiger partial charge in [-0.1, -0.05) is 6.07 Å². The third-order valence-electron chi connectivity index (χ3n) is 2.38. The number of nitrogens with one attached hydrogen (secondary N) is 1. The Morgan fingerprint density at radius 2 is 2.31 bits per heavy atom. The van der Waals surface area contributed by atoms with E-state index in [0.29, 0.717) is 0 Å². The van der Waals surface area contributed by atoms with Crippen molar-refractivity contribution in [1.29, 1.82) is 0 Å². The fraction of sp³-hybridized carbons (Fsp3) is 0.333. The summed E-state index contributed by atoms with van der Waals surface area (Å²) in [6.07, 6.45) is 6.77. The van der Waals surface area contributed by atoms with Crippen LogP contribution in [0.2, 0.25) is 0 Å². The van der Waals surface area contributed by atoms with Crippen molar-refractivity contribution in [3.63, 3.8) is 0 Å². The second-order valence-electron chi connectivity index (χ2n) is 3.77. The van der Waals surface area contributed by atoms with Gasteiger partial charge in [0.15, 0.2) is 0 Å². The average molecular weight is 216 g/mol. The molecule has 2 aromatic rings. The Hall–Kier alpha value is -1.68. The van der Waals surface area contributed by atoms with Crippen LogP contribution in [-0.2, 0) is 20.0 Å². The van der Waals surface area contributed by atoms with Crippen LogP contribution in [0.5, 0.6) is 0 Å². The van der Waals surface area contributed by atoms with E-state index < -0.39 is 0 Å². The zero-order valence-corrected chi connectivity index (χ0v) is 9.43. The molecule has 2 aromatic heterocycles. The Kier molecular flexibility index (Phi) is 3.66. The monoisotopic (exact) mass is 216 g/mol. The first-order valence-corrected chi connectivity index (χ1v) is 5.43. The number of pyridine rings is 1. The molecule has 0 atom stereocenters. The number of rotatable bonds is 5. The Morgan fingerprint density at radius 3 is 3.00 bits per heavy atom. The van der Waals surface area contributed by atoms with Gasteiger partial charge < -0.3 is 5.32 Å². The highest BCUT2D eigenvalue weighted by atomic mass is 15.2. The lowest BCUT2D eigenvalue weighted by Crippen LogP contribution is -2.17. The van der Waals surface area contributed by atoms with Crippen molar-refractivity contribution in [2.45, 2.75) is 13.0 Å². The van der Waals surface area contributed by atoms with E-state index in [1.165, 1.54) is 5.56 Å². The van der Waals surface area contributed by atoms with Gasteiger partial charge in [-0.15, -0.1) is 0 Å². The van der Waals surface area contributed by atoms with Crippen LogP contribution in [0.15, 0.2) is 36.8 Å². The molecule has 0 unspecified atom stereocenters. The van der Waals surface area contributed by atoms with E-state index in [-0.39, 0.29) is 0 Å². The van der Waals surface area contributed by atoms with Crippen LogP contribution in [0, 0.1) is 0 Å². The van der Waals surface area contributed by atoms with E-state index in [2.05, 4.69) is 15.4 Å². The quantitative estimate of drug-likeness (QED) is 0.762. The number of hydrogen-bond donors (Lipinski definition) is 1. The van der Waals surface area contributed by atoms with Crippen LogP contribution in [0.3, 0.4) is 0 Å². The smallest absolute Gasteiger partial charge is 0.0541 e. The molecule has 0 amide bonds. The van der Waals surface area contributed by atoms with Crippen molar-refractivity contribution >= 4 is 0 Å². The van der Waals surface area contributed by atoms with Crippen LogP contribution in [0.1, 0.15) is 11.3 Å². The minimum atomic E-state index is 0.821. The van der Waals surface area contributed by atoms with Gasteiger partial charge >= 0.3 is 0 Å². The maximum absolute atomic E-state index is 4.25. The minimum Gasteiger partial charge on any atom is -0.311 e. The highest BCUT2D eigenvalue weighted by Crippen LogP contribution is 1.97. The summed E-state index contributed by atoms with van der Waals surface area (Å²) in [7, 11) is 1.94. The van der Waals surface area contributed by atoms with Crippen LogP contribution in [0.25, 0.3) is 0 Å². The molecule has 2 rings (SSSR count). The third kappa shape index (κ3) is 3.17. The predicted molar refractivity (Wildman–Crippen MR) is 62.9 cm³/mol. The molecular weight excluding hydrogens is 200 g/mol. The lowest BCUT2D eigenvalue weighted by Gasteiger charge is -2.02. The second-order valence-corrected chi connectivity index (χ2v) is 3.77. The highest BCUT2D eigenvalue weighted by molar-refractivity contribution is 5.05. The molecule has 84 valence electrons. The summed E-state index contributed by atoms with van der Waals surface area (Å²) in [5.74, 6) is 0. The summed E-state index contributed by atoms with van der Waals surface area (Å²) in [6, 6.07) is 5.96. The molecule has 0 radical (unpaired) electrons. The zero-order valence-electron chi connectivity index (χ0n) is 9.43. The fourth-order valence-corrected chi connectivity index (χ4v) is 1.55. The standard InChI is InChI=1S/C12H16N4/c1-16-10-11(8-15-16)5-7-13-9-12-4-2-3-6-14-12/h2-4,6,8,10,13H,5,7,9H2,1H3. The van der Waals surface area contributed by atoms with Crippen molar-refractivity contribution in [1.82, 2.24) is 20.1 Å². The van der Waals surface area contributed by atoms with Gasteiger partial charge in [0.1, 0.15) is 0 Å². The predicted octanol–water partition coefficient (Wildman–Crippen LogP) is 1.15. The molecule has 16 heavy (non-hydrogen) atoms. The van der Waals surface area contributed by atoms with Gasteiger partial charge in [-0.25, -0.2) is 0 Å². The lowest BCUT2D eigenvalue weighted by atomic mass is 10.2. The van der Waals surface area contributed by atoms with Crippen molar-refractivity contribution in [2.24, 2.45) is 7.05 Å². The fourth-order valence-electron chi connectivity index (χ4n) is 1.55. The highest BCUT2D eigenvalue weighted by Gasteiger charge is 1.96. The Balaban J connectivity index is 1.69. The molecule has 1 N–H and O–H groups in total. The summed E-state index contributed by atoms with van der Waals surface area (Å²) >= 11 is 0. The molecule has 0 saturated heterocycles. The summed E-state index contributed by atoms with van der Waals surface area (Å²) < 4.78 is 1.83. The molecule has 4 heteroatoms. The van der Waals surface area contributed by atoms with Gasteiger partial charge in [0.05, 0.1) is 11.9 Å². The maximum Gasteiger partial charge on any atom is 0.0541 e. The van der Waals surface area contributed by atoms with E-state index in [4.69, 9.17) is 0 Å². The van der Waals surface area contributed by atoms with E-state index in [0.717, 1.165) is 25.2 Å². The van der Waals surface area contributed by atoms with Gasteiger partial charge in [0.25, 0.3) is 0 Å². The SMILES string of the molecule is Cn1cc(CCNCc2ccccn2)cn1. The molecular formula is C12H16N4. The van der Waals surface area contributed by atoms with Crippen LogP contribution >= 0.6 is 0 Å². The molecule has 0 aliphatic heterocycles. The topological polar surface area (TPSA) is 42.7 Å². The maximum atomic E-state index is 4.25. The van der Waals surface area contributed by atoms with Gasteiger partial charge in [0, 0.05) is 26.0 Å². The first-order chi connectivity index (χ1) is 7.84. The Morgan fingerprint density at radius 1 is 1.38 bits per heavy atom. The molecule has 0 aromatic carbocycles. The first kappa shape index (κ1) is 10.8. The minimum absolute atomic E-state index is 0.821. The molecule has 0 aliphatic rings. The van der Waals surface area contributed by atoms with Crippen LogP contribution < -0.4 is 5.32 Å². The normalized spacial score (nSPS) is 10.6. The van der Waals surface area contributed by atoms with Gasteiger partial charge in [-0.05, 0) is 30.7 Å². The van der Waals surface area contributed by atoms with Gasteiger partial charge in [0.2, 0.25) is 0 Å². The second kappa shape index (κ2) is 5.42. The van der Waals surface area contributed by atoms with E-state index in [1.54, 1.807) is 0 Å². The Labute approximate surface area is 95.3 Å². The lowest BCUT2D eigenvalue weighted by molar-refractivity contribution is 0.674. The molecule has 0 fully saturated rings. The number of nitrogens with zero attached hydrogens (tertiary/aromatic N) is 3. The average Bonchev–Trinajstić information content (AvgIpc) is 2.72.